The number of fused-ring (bicyclic) bond motifs is 1. The molecule has 0 N–H and O–H groups in total. The predicted octanol–water partition coefficient (Wildman–Crippen LogP) is 3.33. The van der Waals surface area contributed by atoms with E-state index in [1.165, 1.54) is 0 Å². The summed E-state index contributed by atoms with van der Waals surface area (Å²) in [5.41, 5.74) is 4.50. The monoisotopic (exact) mass is 397 g/mol. The minimum Gasteiger partial charge on any atom is -0.309 e. The Bertz CT molecular complexity index is 1270. The summed E-state index contributed by atoms with van der Waals surface area (Å²) >= 11 is 0. The number of hydrogen-bond donors (Lipinski definition) is 0. The third-order valence-electron chi connectivity index (χ3n) is 5.76. The largest absolute Gasteiger partial charge is 0.309 e. The van der Waals surface area contributed by atoms with E-state index in [1.807, 2.05) is 42.0 Å². The van der Waals surface area contributed by atoms with Gasteiger partial charge < -0.3 is 9.13 Å². The highest BCUT2D eigenvalue weighted by atomic mass is 16.2. The van der Waals surface area contributed by atoms with Gasteiger partial charge >= 0.3 is 0 Å². The number of carbonyl (C=O) groups excluding carboxylic acids is 1. The molecule has 0 unspecified atom stereocenters. The normalized spacial score (nSPS) is 15.6. The van der Waals surface area contributed by atoms with Gasteiger partial charge in [0.25, 0.3) is 5.91 Å². The highest BCUT2D eigenvalue weighted by Gasteiger charge is 2.31. The minimum absolute atomic E-state index is 0.0420. The summed E-state index contributed by atoms with van der Waals surface area (Å²) in [5.74, 6) is 1.34. The van der Waals surface area contributed by atoms with Crippen LogP contribution in [0.5, 0.6) is 0 Å². The van der Waals surface area contributed by atoms with Crippen molar-refractivity contribution in [1.29, 1.82) is 0 Å². The smallest absolute Gasteiger partial charge is 0.260 e. The molecule has 4 heterocycles. The first-order chi connectivity index (χ1) is 14.7. The SMILES string of the molecule is Cc1cc2c(cc1-n1ccnc1)C(=O)N(c1cccc(-c3nncn3C3CC3)n1)C2. The fourth-order valence-corrected chi connectivity index (χ4v) is 4.08. The molecule has 1 aliphatic heterocycles. The first kappa shape index (κ1) is 17.1. The maximum atomic E-state index is 13.2. The summed E-state index contributed by atoms with van der Waals surface area (Å²) in [5, 5.41) is 8.33. The Labute approximate surface area is 172 Å². The Morgan fingerprint density at radius 1 is 1.13 bits per heavy atom. The molecule has 148 valence electrons. The molecule has 0 bridgehead atoms. The molecule has 1 amide bonds. The zero-order chi connectivity index (χ0) is 20.2. The number of benzene rings is 1. The lowest BCUT2D eigenvalue weighted by atomic mass is 10.0. The van der Waals surface area contributed by atoms with Gasteiger partial charge in [-0.3, -0.25) is 9.69 Å². The maximum absolute atomic E-state index is 13.2. The van der Waals surface area contributed by atoms with Gasteiger partial charge in [0, 0.05) is 24.0 Å². The van der Waals surface area contributed by atoms with Crippen LogP contribution in [0.15, 0.2) is 55.4 Å². The molecule has 0 atom stereocenters. The van der Waals surface area contributed by atoms with Gasteiger partial charge in [0.05, 0.1) is 18.6 Å². The number of amides is 1. The van der Waals surface area contributed by atoms with E-state index in [4.69, 9.17) is 4.98 Å². The van der Waals surface area contributed by atoms with Crippen LogP contribution in [-0.4, -0.2) is 35.2 Å². The number of hydrogen-bond acceptors (Lipinski definition) is 5. The molecular formula is C22H19N7O. The fraction of sp³-hybridized carbons (Fsp3) is 0.227. The second-order valence-electron chi connectivity index (χ2n) is 7.83. The summed E-state index contributed by atoms with van der Waals surface area (Å²) < 4.78 is 4.00. The van der Waals surface area contributed by atoms with Crippen molar-refractivity contribution in [2.75, 3.05) is 4.90 Å². The molecule has 0 spiro atoms. The van der Waals surface area contributed by atoms with Crippen molar-refractivity contribution in [1.82, 2.24) is 29.3 Å². The lowest BCUT2D eigenvalue weighted by molar-refractivity contribution is 0.0996. The number of pyridine rings is 1. The fourth-order valence-electron chi connectivity index (χ4n) is 4.08. The van der Waals surface area contributed by atoms with E-state index < -0.39 is 0 Å². The summed E-state index contributed by atoms with van der Waals surface area (Å²) in [6.45, 7) is 2.55. The van der Waals surface area contributed by atoms with Gasteiger partial charge in [0.15, 0.2) is 5.82 Å². The molecule has 4 aromatic rings. The van der Waals surface area contributed by atoms with E-state index >= 15 is 0 Å². The van der Waals surface area contributed by atoms with E-state index in [9.17, 15) is 4.79 Å². The summed E-state index contributed by atoms with van der Waals surface area (Å²) in [4.78, 5) is 23.8. The highest BCUT2D eigenvalue weighted by molar-refractivity contribution is 6.10. The van der Waals surface area contributed by atoms with Crippen molar-refractivity contribution in [2.45, 2.75) is 32.4 Å². The van der Waals surface area contributed by atoms with E-state index in [2.05, 4.69) is 25.8 Å². The molecule has 1 fully saturated rings. The van der Waals surface area contributed by atoms with Gasteiger partial charge in [-0.05, 0) is 49.1 Å². The van der Waals surface area contributed by atoms with Gasteiger partial charge in [0.1, 0.15) is 17.8 Å². The molecule has 1 saturated carbocycles. The molecule has 1 aromatic carbocycles. The Morgan fingerprint density at radius 3 is 2.83 bits per heavy atom. The number of nitrogens with zero attached hydrogens (tertiary/aromatic N) is 7. The highest BCUT2D eigenvalue weighted by Crippen LogP contribution is 2.37. The van der Waals surface area contributed by atoms with E-state index in [-0.39, 0.29) is 5.91 Å². The van der Waals surface area contributed by atoms with E-state index in [0.29, 0.717) is 24.0 Å². The first-order valence-corrected chi connectivity index (χ1v) is 10.00. The minimum atomic E-state index is -0.0420. The Kier molecular flexibility index (Phi) is 3.61. The standard InChI is InChI=1S/C22H19N7O/c1-14-9-15-11-28(22(30)17(15)10-19(14)27-8-7-23-12-27)20-4-2-3-18(25-20)21-26-24-13-29(21)16-5-6-16/h2-4,7-10,12-13,16H,5-6,11H2,1H3. The maximum Gasteiger partial charge on any atom is 0.260 e. The van der Waals surface area contributed by atoms with Gasteiger partial charge in [-0.25, -0.2) is 9.97 Å². The molecule has 30 heavy (non-hydrogen) atoms. The molecule has 8 nitrogen and oxygen atoms in total. The zero-order valence-corrected chi connectivity index (χ0v) is 16.4. The van der Waals surface area contributed by atoms with Crippen LogP contribution in [0.2, 0.25) is 0 Å². The van der Waals surface area contributed by atoms with Crippen molar-refractivity contribution in [3.05, 3.63) is 72.1 Å². The van der Waals surface area contributed by atoms with Crippen molar-refractivity contribution >= 4 is 11.7 Å². The predicted molar refractivity (Wildman–Crippen MR) is 110 cm³/mol. The van der Waals surface area contributed by atoms with E-state index in [1.54, 1.807) is 23.8 Å². The van der Waals surface area contributed by atoms with Gasteiger partial charge in [0.2, 0.25) is 0 Å². The molecule has 1 aliphatic carbocycles. The van der Waals surface area contributed by atoms with Crippen molar-refractivity contribution < 1.29 is 4.79 Å². The van der Waals surface area contributed by atoms with Gasteiger partial charge in [-0.1, -0.05) is 12.1 Å². The molecule has 3 aromatic heterocycles. The Hall–Kier alpha value is -3.81. The van der Waals surface area contributed by atoms with Crippen LogP contribution in [-0.2, 0) is 6.54 Å². The number of anilines is 1. The molecular weight excluding hydrogens is 378 g/mol. The molecule has 0 saturated heterocycles. The number of carbonyl (C=O) groups is 1. The van der Waals surface area contributed by atoms with Crippen molar-refractivity contribution in [3.63, 3.8) is 0 Å². The Morgan fingerprint density at radius 2 is 2.03 bits per heavy atom. The third-order valence-corrected chi connectivity index (χ3v) is 5.76. The lowest BCUT2D eigenvalue weighted by Gasteiger charge is -2.15. The average molecular weight is 397 g/mol. The van der Waals surface area contributed by atoms with Crippen LogP contribution in [0.3, 0.4) is 0 Å². The summed E-state index contributed by atoms with van der Waals surface area (Å²) in [6.07, 6.45) is 9.40. The summed E-state index contributed by atoms with van der Waals surface area (Å²) in [6, 6.07) is 10.2. The van der Waals surface area contributed by atoms with Crippen LogP contribution in [0, 0.1) is 6.92 Å². The Balaban J connectivity index is 1.36. The lowest BCUT2D eigenvalue weighted by Crippen LogP contribution is -2.24. The second kappa shape index (κ2) is 6.35. The van der Waals surface area contributed by atoms with Gasteiger partial charge in [-0.15, -0.1) is 10.2 Å². The molecule has 0 radical (unpaired) electrons. The van der Waals surface area contributed by atoms with Crippen molar-refractivity contribution in [3.8, 4) is 17.2 Å². The topological polar surface area (TPSA) is 81.7 Å². The van der Waals surface area contributed by atoms with Crippen LogP contribution in [0.4, 0.5) is 5.82 Å². The number of rotatable bonds is 4. The third kappa shape index (κ3) is 2.64. The summed E-state index contributed by atoms with van der Waals surface area (Å²) in [7, 11) is 0. The molecule has 2 aliphatic rings. The van der Waals surface area contributed by atoms with Crippen LogP contribution in [0.1, 0.15) is 40.4 Å². The number of aromatic nitrogens is 6. The first-order valence-electron chi connectivity index (χ1n) is 10.00. The zero-order valence-electron chi connectivity index (χ0n) is 16.4. The van der Waals surface area contributed by atoms with Crippen LogP contribution in [0.25, 0.3) is 17.2 Å². The average Bonchev–Trinajstić information content (AvgIpc) is 3.16. The molecule has 8 heteroatoms. The second-order valence-corrected chi connectivity index (χ2v) is 7.83. The van der Waals surface area contributed by atoms with Crippen LogP contribution < -0.4 is 4.90 Å². The molecule has 6 rings (SSSR count). The van der Waals surface area contributed by atoms with Crippen LogP contribution >= 0.6 is 0 Å². The van der Waals surface area contributed by atoms with Gasteiger partial charge in [-0.2, -0.15) is 0 Å². The number of imidazole rings is 1. The van der Waals surface area contributed by atoms with E-state index in [0.717, 1.165) is 41.2 Å². The van der Waals surface area contributed by atoms with Crippen molar-refractivity contribution in [2.24, 2.45) is 0 Å². The number of aryl methyl sites for hydroxylation is 1. The quantitative estimate of drug-likeness (QED) is 0.528.